The smallest absolute Gasteiger partial charge is 0.306 e. The minimum atomic E-state index is -0.898. The maximum absolute atomic E-state index is 12.1. The van der Waals surface area contributed by atoms with Crippen LogP contribution >= 0.6 is 0 Å². The molecule has 76 valence electrons. The Morgan fingerprint density at radius 2 is 2.00 bits per heavy atom. The van der Waals surface area contributed by atoms with Crippen molar-refractivity contribution in [1.82, 2.24) is 0 Å². The third-order valence-electron chi connectivity index (χ3n) is 1.66. The molecule has 0 unspecified atom stereocenters. The highest BCUT2D eigenvalue weighted by molar-refractivity contribution is 5.66. The van der Waals surface area contributed by atoms with Gasteiger partial charge < -0.3 is 9.84 Å². The van der Waals surface area contributed by atoms with Gasteiger partial charge in [-0.2, -0.15) is 0 Å². The molecule has 1 rings (SSSR count). The molecule has 4 heteroatoms. The van der Waals surface area contributed by atoms with Crippen molar-refractivity contribution in [2.45, 2.75) is 13.1 Å². The number of hydrogen-bond donors (Lipinski definition) is 1. The van der Waals surface area contributed by atoms with Gasteiger partial charge in [0.2, 0.25) is 0 Å². The highest BCUT2D eigenvalue weighted by Crippen LogP contribution is 2.12. The average Bonchev–Trinajstić information content (AvgIpc) is 2.18. The van der Waals surface area contributed by atoms with E-state index in [1.807, 2.05) is 0 Å². The maximum Gasteiger partial charge on any atom is 0.306 e. The van der Waals surface area contributed by atoms with Gasteiger partial charge in [0.05, 0.1) is 13.0 Å². The molecule has 0 aliphatic carbocycles. The topological polar surface area (TPSA) is 46.5 Å². The predicted molar refractivity (Wildman–Crippen MR) is 49.0 cm³/mol. The summed E-state index contributed by atoms with van der Waals surface area (Å²) >= 11 is 0. The average molecular weight is 198 g/mol. The zero-order valence-electron chi connectivity index (χ0n) is 7.57. The SMILES string of the molecule is O=C(O)CCOc1ccc(CF)cc1. The molecule has 0 aliphatic heterocycles. The first-order chi connectivity index (χ1) is 6.72. The van der Waals surface area contributed by atoms with Gasteiger partial charge in [0.25, 0.3) is 0 Å². The number of aliphatic carboxylic acids is 1. The third-order valence-corrected chi connectivity index (χ3v) is 1.66. The van der Waals surface area contributed by atoms with E-state index in [0.29, 0.717) is 11.3 Å². The number of rotatable bonds is 5. The van der Waals surface area contributed by atoms with Crippen molar-refractivity contribution in [1.29, 1.82) is 0 Å². The second-order valence-corrected chi connectivity index (χ2v) is 2.77. The first kappa shape index (κ1) is 10.5. The van der Waals surface area contributed by atoms with E-state index < -0.39 is 12.6 Å². The highest BCUT2D eigenvalue weighted by atomic mass is 19.1. The minimum Gasteiger partial charge on any atom is -0.493 e. The Morgan fingerprint density at radius 1 is 1.36 bits per heavy atom. The summed E-state index contributed by atoms with van der Waals surface area (Å²) < 4.78 is 17.2. The molecule has 1 N–H and O–H groups in total. The van der Waals surface area contributed by atoms with Crippen molar-refractivity contribution < 1.29 is 19.0 Å². The fourth-order valence-corrected chi connectivity index (χ4v) is 0.931. The molecule has 1 aromatic rings. The Kier molecular flexibility index (Phi) is 3.91. The van der Waals surface area contributed by atoms with Gasteiger partial charge in [-0.1, -0.05) is 12.1 Å². The Bertz CT molecular complexity index is 295. The standard InChI is InChI=1S/C10H11FO3/c11-7-8-1-3-9(4-2-8)14-6-5-10(12)13/h1-4H,5-7H2,(H,12,13). The summed E-state index contributed by atoms with van der Waals surface area (Å²) in [6.07, 6.45) is -0.0368. The number of alkyl halides is 1. The Hall–Kier alpha value is -1.58. The zero-order valence-corrected chi connectivity index (χ0v) is 7.57. The highest BCUT2D eigenvalue weighted by Gasteiger charge is 1.98. The largest absolute Gasteiger partial charge is 0.493 e. The third kappa shape index (κ3) is 3.43. The lowest BCUT2D eigenvalue weighted by Gasteiger charge is -2.04. The molecule has 0 aliphatic rings. The number of carboxylic acid groups (broad SMARTS) is 1. The van der Waals surface area contributed by atoms with Gasteiger partial charge in [0, 0.05) is 0 Å². The summed E-state index contributed by atoms with van der Waals surface area (Å²) in [5.74, 6) is -0.339. The van der Waals surface area contributed by atoms with Crippen LogP contribution in [-0.4, -0.2) is 17.7 Å². The van der Waals surface area contributed by atoms with Crippen LogP contribution in [0, 0.1) is 0 Å². The Balaban J connectivity index is 2.40. The van der Waals surface area contributed by atoms with Crippen LogP contribution in [0.5, 0.6) is 5.75 Å². The Morgan fingerprint density at radius 3 is 2.50 bits per heavy atom. The lowest BCUT2D eigenvalue weighted by molar-refractivity contribution is -0.137. The van der Waals surface area contributed by atoms with Crippen LogP contribution in [0.1, 0.15) is 12.0 Å². The van der Waals surface area contributed by atoms with Gasteiger partial charge in [-0.3, -0.25) is 4.79 Å². The van der Waals surface area contributed by atoms with Crippen LogP contribution in [0.3, 0.4) is 0 Å². The number of benzene rings is 1. The van der Waals surface area contributed by atoms with Crippen LogP contribution in [0.2, 0.25) is 0 Å². The van der Waals surface area contributed by atoms with Crippen molar-refractivity contribution >= 4 is 5.97 Å². The van der Waals surface area contributed by atoms with Gasteiger partial charge in [0.1, 0.15) is 12.4 Å². The van der Waals surface area contributed by atoms with E-state index in [1.54, 1.807) is 24.3 Å². The molecule has 3 nitrogen and oxygen atoms in total. The van der Waals surface area contributed by atoms with Crippen LogP contribution in [0.4, 0.5) is 4.39 Å². The molecule has 0 spiro atoms. The summed E-state index contributed by atoms with van der Waals surface area (Å²) in [5.41, 5.74) is 0.579. The van der Waals surface area contributed by atoms with Crippen LogP contribution in [-0.2, 0) is 11.5 Å². The molecule has 0 radical (unpaired) electrons. The summed E-state index contributed by atoms with van der Waals surface area (Å²) in [6.45, 7) is -0.375. The summed E-state index contributed by atoms with van der Waals surface area (Å²) in [7, 11) is 0. The van der Waals surface area contributed by atoms with E-state index in [0.717, 1.165) is 0 Å². The summed E-state index contributed by atoms with van der Waals surface area (Å²) in [6, 6.07) is 6.46. The van der Waals surface area contributed by atoms with Crippen LogP contribution < -0.4 is 4.74 Å². The summed E-state index contributed by atoms with van der Waals surface area (Å²) in [5, 5.41) is 8.34. The molecule has 0 aromatic heterocycles. The molecule has 0 fully saturated rings. The number of ether oxygens (including phenoxy) is 1. The summed E-state index contributed by atoms with van der Waals surface area (Å²) in [4.78, 5) is 10.2. The molecule has 0 saturated heterocycles. The van der Waals surface area contributed by atoms with Crippen molar-refractivity contribution in [3.8, 4) is 5.75 Å². The monoisotopic (exact) mass is 198 g/mol. The van der Waals surface area contributed by atoms with E-state index in [2.05, 4.69) is 0 Å². The molecule has 14 heavy (non-hydrogen) atoms. The van der Waals surface area contributed by atoms with Crippen LogP contribution in [0.15, 0.2) is 24.3 Å². The number of hydrogen-bond acceptors (Lipinski definition) is 2. The Labute approximate surface area is 81.1 Å². The number of carboxylic acids is 1. The first-order valence-electron chi connectivity index (χ1n) is 4.22. The molecule has 1 aromatic carbocycles. The minimum absolute atomic E-state index is 0.0368. The van der Waals surface area contributed by atoms with Gasteiger partial charge in [0.15, 0.2) is 0 Å². The molecule has 0 heterocycles. The molecular formula is C10H11FO3. The van der Waals surface area contributed by atoms with Crippen molar-refractivity contribution in [2.24, 2.45) is 0 Å². The van der Waals surface area contributed by atoms with E-state index in [-0.39, 0.29) is 13.0 Å². The molecule has 0 bridgehead atoms. The molecular weight excluding hydrogens is 187 g/mol. The number of carbonyl (C=O) groups is 1. The van der Waals surface area contributed by atoms with Crippen molar-refractivity contribution in [3.63, 3.8) is 0 Å². The maximum atomic E-state index is 12.1. The molecule has 0 amide bonds. The van der Waals surface area contributed by atoms with E-state index >= 15 is 0 Å². The van der Waals surface area contributed by atoms with Gasteiger partial charge in [-0.05, 0) is 17.7 Å². The lowest BCUT2D eigenvalue weighted by Crippen LogP contribution is -2.04. The van der Waals surface area contributed by atoms with E-state index in [9.17, 15) is 9.18 Å². The fourth-order valence-electron chi connectivity index (χ4n) is 0.931. The first-order valence-corrected chi connectivity index (χ1v) is 4.22. The fraction of sp³-hybridized carbons (Fsp3) is 0.300. The van der Waals surface area contributed by atoms with E-state index in [1.165, 1.54) is 0 Å². The van der Waals surface area contributed by atoms with Gasteiger partial charge in [-0.25, -0.2) is 4.39 Å². The van der Waals surface area contributed by atoms with Crippen LogP contribution in [0.25, 0.3) is 0 Å². The normalized spacial score (nSPS) is 9.79. The number of halogens is 1. The van der Waals surface area contributed by atoms with Crippen molar-refractivity contribution in [2.75, 3.05) is 6.61 Å². The van der Waals surface area contributed by atoms with Crippen molar-refractivity contribution in [3.05, 3.63) is 29.8 Å². The molecule has 0 atom stereocenters. The molecule has 0 saturated carbocycles. The quantitative estimate of drug-likeness (QED) is 0.787. The lowest BCUT2D eigenvalue weighted by atomic mass is 10.2. The second kappa shape index (κ2) is 5.21. The second-order valence-electron chi connectivity index (χ2n) is 2.77. The zero-order chi connectivity index (χ0) is 10.4. The van der Waals surface area contributed by atoms with Gasteiger partial charge in [-0.15, -0.1) is 0 Å². The predicted octanol–water partition coefficient (Wildman–Crippen LogP) is 2.01. The van der Waals surface area contributed by atoms with E-state index in [4.69, 9.17) is 9.84 Å². The van der Waals surface area contributed by atoms with Gasteiger partial charge >= 0.3 is 5.97 Å².